The SMILES string of the molecule is CN(C)N1C(=O)[C@@H](c2ccc(Cl)cc2)c2ccc(Cl)cc21. The molecule has 3 nitrogen and oxygen atoms in total. The van der Waals surface area contributed by atoms with Gasteiger partial charge in [0.2, 0.25) is 0 Å². The third-order valence-corrected chi connectivity index (χ3v) is 4.08. The maximum Gasteiger partial charge on any atom is 0.253 e. The molecule has 0 spiro atoms. The Bertz CT molecular complexity index is 698. The Morgan fingerprint density at radius 1 is 1.00 bits per heavy atom. The monoisotopic (exact) mass is 320 g/mol. The summed E-state index contributed by atoms with van der Waals surface area (Å²) in [6, 6.07) is 12.9. The van der Waals surface area contributed by atoms with Crippen molar-refractivity contribution in [1.82, 2.24) is 5.01 Å². The molecular formula is C16H14Cl2N2O. The van der Waals surface area contributed by atoms with Crippen molar-refractivity contribution in [2.75, 3.05) is 19.1 Å². The molecule has 1 aliphatic heterocycles. The zero-order chi connectivity index (χ0) is 15.1. The minimum Gasteiger partial charge on any atom is -0.272 e. The predicted molar refractivity (Wildman–Crippen MR) is 85.9 cm³/mol. The van der Waals surface area contributed by atoms with Crippen LogP contribution in [0.3, 0.4) is 0 Å². The molecule has 3 rings (SSSR count). The first kappa shape index (κ1) is 14.4. The summed E-state index contributed by atoms with van der Waals surface area (Å²) >= 11 is 12.0. The Hall–Kier alpha value is -1.55. The summed E-state index contributed by atoms with van der Waals surface area (Å²) in [6.07, 6.45) is 0. The second-order valence-corrected chi connectivity index (χ2v) is 6.06. The number of benzene rings is 2. The molecule has 0 fully saturated rings. The van der Waals surface area contributed by atoms with E-state index >= 15 is 0 Å². The van der Waals surface area contributed by atoms with Crippen LogP contribution < -0.4 is 5.01 Å². The Morgan fingerprint density at radius 2 is 1.62 bits per heavy atom. The van der Waals surface area contributed by atoms with Crippen LogP contribution in [0, 0.1) is 0 Å². The first-order valence-corrected chi connectivity index (χ1v) is 7.31. The van der Waals surface area contributed by atoms with Gasteiger partial charge >= 0.3 is 0 Å². The maximum absolute atomic E-state index is 12.8. The average Bonchev–Trinajstić information content (AvgIpc) is 2.71. The molecule has 0 saturated carbocycles. The van der Waals surface area contributed by atoms with Crippen molar-refractivity contribution in [3.63, 3.8) is 0 Å². The first-order valence-electron chi connectivity index (χ1n) is 6.55. The second kappa shape index (κ2) is 5.34. The van der Waals surface area contributed by atoms with Crippen LogP contribution in [-0.4, -0.2) is 25.0 Å². The van der Waals surface area contributed by atoms with Crippen LogP contribution in [0.25, 0.3) is 0 Å². The number of rotatable bonds is 2. The van der Waals surface area contributed by atoms with E-state index < -0.39 is 0 Å². The Labute approximate surface area is 133 Å². The zero-order valence-electron chi connectivity index (χ0n) is 11.7. The van der Waals surface area contributed by atoms with Crippen LogP contribution in [0.1, 0.15) is 17.0 Å². The third kappa shape index (κ3) is 2.42. The number of carbonyl (C=O) groups excluding carboxylic acids is 1. The summed E-state index contributed by atoms with van der Waals surface area (Å²) in [5.74, 6) is -0.309. The lowest BCUT2D eigenvalue weighted by atomic mass is 9.93. The molecule has 108 valence electrons. The van der Waals surface area contributed by atoms with E-state index in [1.54, 1.807) is 22.2 Å². The van der Waals surface area contributed by atoms with E-state index in [9.17, 15) is 4.79 Å². The van der Waals surface area contributed by atoms with Crippen LogP contribution in [0.15, 0.2) is 42.5 Å². The van der Waals surface area contributed by atoms with Gasteiger partial charge in [-0.25, -0.2) is 10.0 Å². The van der Waals surface area contributed by atoms with Gasteiger partial charge in [0.05, 0.1) is 11.6 Å². The fourth-order valence-electron chi connectivity index (χ4n) is 2.71. The van der Waals surface area contributed by atoms with E-state index in [4.69, 9.17) is 23.2 Å². The number of carbonyl (C=O) groups is 1. The summed E-state index contributed by atoms with van der Waals surface area (Å²) in [5, 5.41) is 4.70. The van der Waals surface area contributed by atoms with Crippen LogP contribution in [0.4, 0.5) is 5.69 Å². The Kier molecular flexibility index (Phi) is 3.66. The minimum absolute atomic E-state index is 0.0135. The van der Waals surface area contributed by atoms with Gasteiger partial charge in [-0.1, -0.05) is 41.4 Å². The van der Waals surface area contributed by atoms with E-state index in [0.717, 1.165) is 16.8 Å². The molecular weight excluding hydrogens is 307 g/mol. The lowest BCUT2D eigenvalue weighted by Crippen LogP contribution is -2.40. The highest BCUT2D eigenvalue weighted by atomic mass is 35.5. The fraction of sp³-hybridized carbons (Fsp3) is 0.188. The molecule has 0 aromatic heterocycles. The van der Waals surface area contributed by atoms with Crippen molar-refractivity contribution in [3.8, 4) is 0 Å². The Balaban J connectivity index is 2.15. The molecule has 1 atom stereocenters. The van der Waals surface area contributed by atoms with Gasteiger partial charge in [-0.3, -0.25) is 4.79 Å². The largest absolute Gasteiger partial charge is 0.272 e. The fourth-order valence-corrected chi connectivity index (χ4v) is 3.00. The highest BCUT2D eigenvalue weighted by molar-refractivity contribution is 6.31. The van der Waals surface area contributed by atoms with Crippen LogP contribution >= 0.6 is 23.2 Å². The topological polar surface area (TPSA) is 23.6 Å². The number of fused-ring (bicyclic) bond motifs is 1. The molecule has 0 aliphatic carbocycles. The third-order valence-electron chi connectivity index (χ3n) is 3.59. The van der Waals surface area contributed by atoms with E-state index in [1.165, 1.54) is 0 Å². The van der Waals surface area contributed by atoms with Crippen molar-refractivity contribution >= 4 is 34.8 Å². The van der Waals surface area contributed by atoms with E-state index in [-0.39, 0.29) is 11.8 Å². The van der Waals surface area contributed by atoms with Crippen molar-refractivity contribution in [1.29, 1.82) is 0 Å². The normalized spacial score (nSPS) is 17.5. The molecule has 5 heteroatoms. The van der Waals surface area contributed by atoms with Gasteiger partial charge in [0, 0.05) is 24.1 Å². The predicted octanol–water partition coefficient (Wildman–Crippen LogP) is 3.95. The van der Waals surface area contributed by atoms with Crippen LogP contribution in [0.5, 0.6) is 0 Å². The number of hydrazine groups is 1. The van der Waals surface area contributed by atoms with E-state index in [1.807, 2.05) is 44.4 Å². The second-order valence-electron chi connectivity index (χ2n) is 5.18. The van der Waals surface area contributed by atoms with Gasteiger partial charge in [0.25, 0.3) is 5.91 Å². The quantitative estimate of drug-likeness (QED) is 0.836. The van der Waals surface area contributed by atoms with Gasteiger partial charge in [-0.15, -0.1) is 0 Å². The molecule has 0 N–H and O–H groups in total. The van der Waals surface area contributed by atoms with Gasteiger partial charge < -0.3 is 0 Å². The summed E-state index contributed by atoms with van der Waals surface area (Å²) < 4.78 is 0. The molecule has 1 heterocycles. The summed E-state index contributed by atoms with van der Waals surface area (Å²) in [4.78, 5) is 12.8. The smallest absolute Gasteiger partial charge is 0.253 e. The first-order chi connectivity index (χ1) is 9.99. The molecule has 2 aromatic rings. The molecule has 0 bridgehead atoms. The van der Waals surface area contributed by atoms with Gasteiger partial charge in [0.15, 0.2) is 0 Å². The van der Waals surface area contributed by atoms with Crippen molar-refractivity contribution in [2.24, 2.45) is 0 Å². The summed E-state index contributed by atoms with van der Waals surface area (Å²) in [5.41, 5.74) is 2.72. The van der Waals surface area contributed by atoms with Crippen molar-refractivity contribution < 1.29 is 4.79 Å². The molecule has 21 heavy (non-hydrogen) atoms. The highest BCUT2D eigenvalue weighted by Gasteiger charge is 2.39. The summed E-state index contributed by atoms with van der Waals surface area (Å²) in [7, 11) is 3.68. The summed E-state index contributed by atoms with van der Waals surface area (Å²) in [6.45, 7) is 0. The van der Waals surface area contributed by atoms with Crippen LogP contribution in [-0.2, 0) is 4.79 Å². The lowest BCUT2D eigenvalue weighted by molar-refractivity contribution is -0.120. The van der Waals surface area contributed by atoms with E-state index in [2.05, 4.69) is 0 Å². The van der Waals surface area contributed by atoms with Crippen LogP contribution in [0.2, 0.25) is 10.0 Å². The molecule has 2 aromatic carbocycles. The Morgan fingerprint density at radius 3 is 2.24 bits per heavy atom. The zero-order valence-corrected chi connectivity index (χ0v) is 13.2. The highest BCUT2D eigenvalue weighted by Crippen LogP contribution is 2.42. The molecule has 0 saturated heterocycles. The maximum atomic E-state index is 12.8. The molecule has 0 unspecified atom stereocenters. The van der Waals surface area contributed by atoms with Crippen molar-refractivity contribution in [2.45, 2.75) is 5.92 Å². The van der Waals surface area contributed by atoms with Gasteiger partial charge in [0.1, 0.15) is 0 Å². The van der Waals surface area contributed by atoms with E-state index in [0.29, 0.717) is 10.0 Å². The molecule has 0 radical (unpaired) electrons. The molecule has 1 amide bonds. The standard InChI is InChI=1S/C16H14Cl2N2O/c1-19(2)20-14-9-12(18)7-8-13(14)15(16(20)21)10-3-5-11(17)6-4-10/h3-9,15H,1-2H3/t15-/m0/s1. The number of anilines is 1. The molecule has 1 aliphatic rings. The minimum atomic E-state index is -0.322. The van der Waals surface area contributed by atoms with Gasteiger partial charge in [-0.2, -0.15) is 0 Å². The number of hydrogen-bond acceptors (Lipinski definition) is 2. The number of hydrogen-bond donors (Lipinski definition) is 0. The number of nitrogens with zero attached hydrogens (tertiary/aromatic N) is 2. The van der Waals surface area contributed by atoms with Gasteiger partial charge in [-0.05, 0) is 35.4 Å². The lowest BCUT2D eigenvalue weighted by Gasteiger charge is -2.25. The van der Waals surface area contributed by atoms with Crippen molar-refractivity contribution in [3.05, 3.63) is 63.6 Å². The number of amides is 1. The number of halogens is 2. The average molecular weight is 321 g/mol.